The van der Waals surface area contributed by atoms with Gasteiger partial charge in [0.15, 0.2) is 0 Å². The summed E-state index contributed by atoms with van der Waals surface area (Å²) in [5, 5.41) is 5.72. The van der Waals surface area contributed by atoms with E-state index < -0.39 is 6.17 Å². The van der Waals surface area contributed by atoms with Crippen LogP contribution in [0.2, 0.25) is 0 Å². The molecule has 2 atom stereocenters. The largest absolute Gasteiger partial charge is 0.355 e. The molecule has 1 fully saturated rings. The van der Waals surface area contributed by atoms with Gasteiger partial charge in [0.2, 0.25) is 5.91 Å². The van der Waals surface area contributed by atoms with Crippen LogP contribution in [0.1, 0.15) is 18.4 Å². The molecule has 0 aliphatic carbocycles. The van der Waals surface area contributed by atoms with Gasteiger partial charge in [-0.3, -0.25) is 4.79 Å². The van der Waals surface area contributed by atoms with E-state index in [0.29, 0.717) is 19.5 Å². The van der Waals surface area contributed by atoms with Crippen LogP contribution in [0.25, 0.3) is 0 Å². The average Bonchev–Trinajstić information content (AvgIpc) is 2.82. The van der Waals surface area contributed by atoms with E-state index in [1.54, 1.807) is 0 Å². The van der Waals surface area contributed by atoms with Crippen molar-refractivity contribution >= 4 is 5.91 Å². The summed E-state index contributed by atoms with van der Waals surface area (Å²) in [5.41, 5.74) is 1.27. The van der Waals surface area contributed by atoms with Crippen LogP contribution in [0, 0.1) is 0 Å². The van der Waals surface area contributed by atoms with Gasteiger partial charge in [-0.25, -0.2) is 4.39 Å². The highest BCUT2D eigenvalue weighted by molar-refractivity contribution is 5.82. The molecule has 2 rings (SSSR count). The molecule has 4 heteroatoms. The summed E-state index contributed by atoms with van der Waals surface area (Å²) in [6.45, 7) is 0.935. The van der Waals surface area contributed by atoms with Gasteiger partial charge in [0.25, 0.3) is 0 Å². The number of carbonyl (C=O) groups excluding carboxylic acids is 1. The molecule has 18 heavy (non-hydrogen) atoms. The fourth-order valence-corrected chi connectivity index (χ4v) is 2.16. The van der Waals surface area contributed by atoms with Crippen molar-refractivity contribution in [2.75, 3.05) is 13.1 Å². The number of halogens is 1. The Morgan fingerprint density at radius 1 is 1.39 bits per heavy atom. The Balaban J connectivity index is 1.62. The monoisotopic (exact) mass is 250 g/mol. The van der Waals surface area contributed by atoms with E-state index in [1.165, 1.54) is 5.56 Å². The van der Waals surface area contributed by atoms with Gasteiger partial charge in [0.05, 0.1) is 6.04 Å². The second kappa shape index (κ2) is 6.50. The summed E-state index contributed by atoms with van der Waals surface area (Å²) in [4.78, 5) is 11.7. The van der Waals surface area contributed by atoms with Gasteiger partial charge in [-0.1, -0.05) is 30.3 Å². The second-order valence-electron chi connectivity index (χ2n) is 4.67. The van der Waals surface area contributed by atoms with E-state index in [0.717, 1.165) is 12.8 Å². The summed E-state index contributed by atoms with van der Waals surface area (Å²) >= 11 is 0. The SMILES string of the molecule is O=C(NCCCc1ccccc1)[C@@H]1C[C@@H](F)CN1. The minimum absolute atomic E-state index is 0.0804. The maximum absolute atomic E-state index is 12.9. The summed E-state index contributed by atoms with van der Waals surface area (Å²) < 4.78 is 12.9. The summed E-state index contributed by atoms with van der Waals surface area (Å²) in [5.74, 6) is -0.0804. The second-order valence-corrected chi connectivity index (χ2v) is 4.67. The fourth-order valence-electron chi connectivity index (χ4n) is 2.16. The number of amides is 1. The third-order valence-corrected chi connectivity index (χ3v) is 3.18. The molecular formula is C14H19FN2O. The van der Waals surface area contributed by atoms with Crippen LogP contribution in [0.3, 0.4) is 0 Å². The third-order valence-electron chi connectivity index (χ3n) is 3.18. The summed E-state index contributed by atoms with van der Waals surface area (Å²) in [6, 6.07) is 9.82. The van der Waals surface area contributed by atoms with Crippen molar-refractivity contribution in [3.05, 3.63) is 35.9 Å². The first-order valence-corrected chi connectivity index (χ1v) is 6.45. The number of hydrogen-bond acceptors (Lipinski definition) is 2. The number of alkyl halides is 1. The number of benzene rings is 1. The quantitative estimate of drug-likeness (QED) is 0.776. The van der Waals surface area contributed by atoms with E-state index in [-0.39, 0.29) is 11.9 Å². The molecule has 1 aliphatic heterocycles. The van der Waals surface area contributed by atoms with Crippen LogP contribution in [0.15, 0.2) is 30.3 Å². The van der Waals surface area contributed by atoms with Crippen molar-refractivity contribution in [1.29, 1.82) is 0 Å². The zero-order chi connectivity index (χ0) is 12.8. The summed E-state index contributed by atoms with van der Waals surface area (Å²) in [6.07, 6.45) is 1.27. The van der Waals surface area contributed by atoms with Crippen LogP contribution in [-0.4, -0.2) is 31.2 Å². The maximum atomic E-state index is 12.9. The van der Waals surface area contributed by atoms with Gasteiger partial charge in [-0.2, -0.15) is 0 Å². The highest BCUT2D eigenvalue weighted by Crippen LogP contribution is 2.09. The van der Waals surface area contributed by atoms with Crippen molar-refractivity contribution in [2.24, 2.45) is 0 Å². The lowest BCUT2D eigenvalue weighted by atomic mass is 10.1. The molecule has 1 aliphatic rings. The van der Waals surface area contributed by atoms with Gasteiger partial charge in [0.1, 0.15) is 6.17 Å². The Morgan fingerprint density at radius 2 is 2.17 bits per heavy atom. The smallest absolute Gasteiger partial charge is 0.237 e. The Labute approximate surface area is 107 Å². The molecule has 0 aromatic heterocycles. The Kier molecular flexibility index (Phi) is 4.70. The van der Waals surface area contributed by atoms with Crippen molar-refractivity contribution in [1.82, 2.24) is 10.6 Å². The standard InChI is InChI=1S/C14H19FN2O/c15-12-9-13(17-10-12)14(18)16-8-4-7-11-5-2-1-3-6-11/h1-3,5-6,12-13,17H,4,7-10H2,(H,16,18)/t12-,13+/m1/s1. The molecule has 0 bridgehead atoms. The van der Waals surface area contributed by atoms with Crippen LogP contribution < -0.4 is 10.6 Å². The van der Waals surface area contributed by atoms with E-state index in [2.05, 4.69) is 22.8 Å². The van der Waals surface area contributed by atoms with Crippen molar-refractivity contribution < 1.29 is 9.18 Å². The molecule has 1 saturated heterocycles. The van der Waals surface area contributed by atoms with Crippen LogP contribution in [0.5, 0.6) is 0 Å². The van der Waals surface area contributed by atoms with Gasteiger partial charge < -0.3 is 10.6 Å². The zero-order valence-electron chi connectivity index (χ0n) is 10.4. The highest BCUT2D eigenvalue weighted by Gasteiger charge is 2.28. The van der Waals surface area contributed by atoms with E-state index in [9.17, 15) is 9.18 Å². The minimum atomic E-state index is -0.884. The Bertz CT molecular complexity index is 383. The number of hydrogen-bond donors (Lipinski definition) is 2. The summed E-state index contributed by atoms with van der Waals surface area (Å²) in [7, 11) is 0. The predicted molar refractivity (Wildman–Crippen MR) is 69.1 cm³/mol. The lowest BCUT2D eigenvalue weighted by Crippen LogP contribution is -2.40. The first-order valence-electron chi connectivity index (χ1n) is 6.45. The molecular weight excluding hydrogens is 231 g/mol. The predicted octanol–water partition coefficient (Wildman–Crippen LogP) is 1.44. The van der Waals surface area contributed by atoms with Crippen LogP contribution in [0.4, 0.5) is 4.39 Å². The van der Waals surface area contributed by atoms with Crippen molar-refractivity contribution in [3.63, 3.8) is 0 Å². The third kappa shape index (κ3) is 3.81. The first kappa shape index (κ1) is 13.0. The van der Waals surface area contributed by atoms with Gasteiger partial charge >= 0.3 is 0 Å². The normalized spacial score (nSPS) is 22.9. The van der Waals surface area contributed by atoms with Gasteiger partial charge in [0, 0.05) is 19.5 Å². The topological polar surface area (TPSA) is 41.1 Å². The molecule has 0 radical (unpaired) electrons. The van der Waals surface area contributed by atoms with Crippen LogP contribution >= 0.6 is 0 Å². The van der Waals surface area contributed by atoms with E-state index >= 15 is 0 Å². The molecule has 0 unspecified atom stereocenters. The molecule has 1 heterocycles. The molecule has 0 spiro atoms. The van der Waals surface area contributed by atoms with E-state index in [4.69, 9.17) is 0 Å². The minimum Gasteiger partial charge on any atom is -0.355 e. The molecule has 3 nitrogen and oxygen atoms in total. The van der Waals surface area contributed by atoms with Gasteiger partial charge in [-0.05, 0) is 18.4 Å². The maximum Gasteiger partial charge on any atom is 0.237 e. The Hall–Kier alpha value is -1.42. The molecule has 2 N–H and O–H groups in total. The fraction of sp³-hybridized carbons (Fsp3) is 0.500. The highest BCUT2D eigenvalue weighted by atomic mass is 19.1. The number of carbonyl (C=O) groups is 1. The zero-order valence-corrected chi connectivity index (χ0v) is 10.4. The van der Waals surface area contributed by atoms with Gasteiger partial charge in [-0.15, -0.1) is 0 Å². The van der Waals surface area contributed by atoms with Crippen LogP contribution in [-0.2, 0) is 11.2 Å². The Morgan fingerprint density at radius 3 is 2.83 bits per heavy atom. The van der Waals surface area contributed by atoms with Crippen molar-refractivity contribution in [2.45, 2.75) is 31.5 Å². The lowest BCUT2D eigenvalue weighted by molar-refractivity contribution is -0.122. The number of aryl methyl sites for hydroxylation is 1. The molecule has 98 valence electrons. The molecule has 0 saturated carbocycles. The number of rotatable bonds is 5. The molecule has 1 amide bonds. The molecule has 1 aromatic carbocycles. The first-order chi connectivity index (χ1) is 8.75. The number of nitrogens with one attached hydrogen (secondary N) is 2. The van der Waals surface area contributed by atoms with Crippen molar-refractivity contribution in [3.8, 4) is 0 Å². The van der Waals surface area contributed by atoms with E-state index in [1.807, 2.05) is 18.2 Å². The lowest BCUT2D eigenvalue weighted by Gasteiger charge is -2.10. The average molecular weight is 250 g/mol. The molecule has 1 aromatic rings.